The molecule has 2 aromatic carbocycles. The molecule has 3 aromatic rings. The Kier molecular flexibility index (Phi) is 2.82. The van der Waals surface area contributed by atoms with Crippen LogP contribution in [0.1, 0.15) is 30.5 Å². The minimum atomic E-state index is -0.202. The van der Waals surface area contributed by atoms with Crippen molar-refractivity contribution >= 4 is 10.9 Å². The molecule has 0 saturated carbocycles. The molecule has 1 aromatic heterocycles. The predicted octanol–water partition coefficient (Wildman–Crippen LogP) is 2.55. The second kappa shape index (κ2) is 4.92. The lowest BCUT2D eigenvalue weighted by Crippen LogP contribution is -2.34. The van der Waals surface area contributed by atoms with Crippen molar-refractivity contribution in [3.8, 4) is 0 Å². The first-order valence-electron chi connectivity index (χ1n) is 8.22. The van der Waals surface area contributed by atoms with Gasteiger partial charge < -0.3 is 4.74 Å². The van der Waals surface area contributed by atoms with Gasteiger partial charge >= 0.3 is 0 Å². The minimum absolute atomic E-state index is 0.0172. The molecule has 5 rings (SSSR count). The SMILES string of the molecule is C[C@@H]1OC[C@@H]2[C@@H](c3ccccc3)N2n2c1nc1ccccc1c2=O. The summed E-state index contributed by atoms with van der Waals surface area (Å²) >= 11 is 0. The fraction of sp³-hybridized carbons (Fsp3) is 0.263. The molecule has 1 fully saturated rings. The molecular weight excluding hydrogens is 302 g/mol. The maximum atomic E-state index is 13.1. The lowest BCUT2D eigenvalue weighted by molar-refractivity contribution is 0.0650. The Morgan fingerprint density at radius 3 is 2.67 bits per heavy atom. The number of ether oxygens (including phenoxy) is 1. The summed E-state index contributed by atoms with van der Waals surface area (Å²) in [5, 5.41) is 2.75. The third-order valence-corrected chi connectivity index (χ3v) is 4.93. The van der Waals surface area contributed by atoms with E-state index in [-0.39, 0.29) is 23.7 Å². The van der Waals surface area contributed by atoms with Crippen LogP contribution in [-0.2, 0) is 4.74 Å². The van der Waals surface area contributed by atoms with Crippen LogP contribution in [0.5, 0.6) is 0 Å². The Bertz CT molecular complexity index is 983. The number of aromatic nitrogens is 2. The van der Waals surface area contributed by atoms with Gasteiger partial charge in [0.25, 0.3) is 5.56 Å². The van der Waals surface area contributed by atoms with Gasteiger partial charge in [-0.25, -0.2) is 9.66 Å². The molecule has 24 heavy (non-hydrogen) atoms. The van der Waals surface area contributed by atoms with Gasteiger partial charge in [0.1, 0.15) is 6.10 Å². The summed E-state index contributed by atoms with van der Waals surface area (Å²) in [4.78, 5) is 17.8. The number of rotatable bonds is 1. The molecule has 0 radical (unpaired) electrons. The molecule has 2 aliphatic rings. The largest absolute Gasteiger partial charge is 0.368 e. The van der Waals surface area contributed by atoms with E-state index in [2.05, 4.69) is 17.1 Å². The fourth-order valence-electron chi connectivity index (χ4n) is 3.68. The zero-order valence-corrected chi connectivity index (χ0v) is 13.3. The van der Waals surface area contributed by atoms with Crippen molar-refractivity contribution in [2.45, 2.75) is 25.1 Å². The number of fused-ring (bicyclic) bond motifs is 4. The number of benzene rings is 2. The van der Waals surface area contributed by atoms with Gasteiger partial charge in [-0.3, -0.25) is 9.80 Å². The number of hydrogen-bond donors (Lipinski definition) is 0. The van der Waals surface area contributed by atoms with Crippen LogP contribution in [0.3, 0.4) is 0 Å². The zero-order valence-electron chi connectivity index (χ0n) is 13.3. The molecule has 0 unspecified atom stereocenters. The fourth-order valence-corrected chi connectivity index (χ4v) is 3.68. The van der Waals surface area contributed by atoms with Gasteiger partial charge in [-0.05, 0) is 24.6 Å². The summed E-state index contributed by atoms with van der Waals surface area (Å²) in [6.07, 6.45) is -0.202. The molecule has 2 aliphatic heterocycles. The van der Waals surface area contributed by atoms with Crippen LogP contribution < -0.4 is 10.6 Å². The quantitative estimate of drug-likeness (QED) is 0.647. The van der Waals surface area contributed by atoms with Crippen molar-refractivity contribution in [3.63, 3.8) is 0 Å². The first-order valence-corrected chi connectivity index (χ1v) is 8.22. The molecule has 3 atom stereocenters. The summed E-state index contributed by atoms with van der Waals surface area (Å²) in [6, 6.07) is 18.1. The Hall–Kier alpha value is -2.66. The predicted molar refractivity (Wildman–Crippen MR) is 91.6 cm³/mol. The third kappa shape index (κ3) is 1.85. The molecular formula is C19H17N3O2. The van der Waals surface area contributed by atoms with Crippen LogP contribution in [0.2, 0.25) is 0 Å². The summed E-state index contributed by atoms with van der Waals surface area (Å²) in [7, 11) is 0. The molecule has 5 nitrogen and oxygen atoms in total. The van der Waals surface area contributed by atoms with Crippen LogP contribution in [-0.4, -0.2) is 22.3 Å². The van der Waals surface area contributed by atoms with E-state index < -0.39 is 0 Å². The van der Waals surface area contributed by atoms with Crippen molar-refractivity contribution < 1.29 is 4.74 Å². The van der Waals surface area contributed by atoms with Crippen LogP contribution >= 0.6 is 0 Å². The highest BCUT2D eigenvalue weighted by atomic mass is 16.5. The second-order valence-electron chi connectivity index (χ2n) is 6.38. The number of para-hydroxylation sites is 1. The second-order valence-corrected chi connectivity index (χ2v) is 6.38. The first-order chi connectivity index (χ1) is 11.8. The van der Waals surface area contributed by atoms with Gasteiger partial charge in [0, 0.05) is 0 Å². The lowest BCUT2D eigenvalue weighted by Gasteiger charge is -2.18. The topological polar surface area (TPSA) is 47.1 Å². The average Bonchev–Trinajstić information content (AvgIpc) is 3.35. The third-order valence-electron chi connectivity index (χ3n) is 4.93. The normalized spacial score (nSPS) is 25.0. The van der Waals surface area contributed by atoms with E-state index in [1.54, 1.807) is 4.68 Å². The molecule has 5 heteroatoms. The van der Waals surface area contributed by atoms with Crippen molar-refractivity contribution in [3.05, 3.63) is 76.3 Å². The summed E-state index contributed by atoms with van der Waals surface area (Å²) in [6.45, 7) is 2.55. The molecule has 1 saturated heterocycles. The monoisotopic (exact) mass is 319 g/mol. The summed E-state index contributed by atoms with van der Waals surface area (Å²) in [5.41, 5.74) is 1.91. The van der Waals surface area contributed by atoms with E-state index in [0.717, 1.165) is 5.52 Å². The van der Waals surface area contributed by atoms with Gasteiger partial charge in [0.2, 0.25) is 0 Å². The molecule has 3 heterocycles. The molecule has 0 N–H and O–H groups in total. The smallest absolute Gasteiger partial charge is 0.280 e. The van der Waals surface area contributed by atoms with Gasteiger partial charge in [-0.15, -0.1) is 0 Å². The molecule has 0 amide bonds. The first kappa shape index (κ1) is 13.7. The van der Waals surface area contributed by atoms with Crippen LogP contribution in [0, 0.1) is 0 Å². The van der Waals surface area contributed by atoms with Crippen molar-refractivity contribution in [1.82, 2.24) is 9.66 Å². The van der Waals surface area contributed by atoms with E-state index in [1.807, 2.05) is 49.4 Å². The van der Waals surface area contributed by atoms with Gasteiger partial charge in [0.15, 0.2) is 5.82 Å². The van der Waals surface area contributed by atoms with Crippen LogP contribution in [0.25, 0.3) is 10.9 Å². The van der Waals surface area contributed by atoms with Crippen LogP contribution in [0.15, 0.2) is 59.4 Å². The molecule has 0 aliphatic carbocycles. The summed E-state index contributed by atoms with van der Waals surface area (Å²) < 4.78 is 7.71. The Labute approximate surface area is 139 Å². The van der Waals surface area contributed by atoms with Crippen molar-refractivity contribution in [1.29, 1.82) is 0 Å². The Balaban J connectivity index is 1.72. The van der Waals surface area contributed by atoms with E-state index in [9.17, 15) is 4.79 Å². The molecule has 120 valence electrons. The standard InChI is InChI=1S/C19H17N3O2/c1-12-18-20-15-10-6-5-9-14(15)19(23)22(18)21-16(11-24-12)17(21)13-7-3-2-4-8-13/h2-10,12,16-17H,11H2,1H3/t12-,16+,17+,21?/m0/s1. The average molecular weight is 319 g/mol. The van der Waals surface area contributed by atoms with Crippen molar-refractivity contribution in [2.24, 2.45) is 0 Å². The van der Waals surface area contributed by atoms with Crippen LogP contribution in [0.4, 0.5) is 0 Å². The minimum Gasteiger partial charge on any atom is -0.368 e. The summed E-state index contributed by atoms with van der Waals surface area (Å²) in [5.74, 6) is 0.680. The van der Waals surface area contributed by atoms with E-state index in [0.29, 0.717) is 17.8 Å². The highest BCUT2D eigenvalue weighted by Crippen LogP contribution is 2.43. The van der Waals surface area contributed by atoms with E-state index >= 15 is 0 Å². The maximum absolute atomic E-state index is 13.1. The maximum Gasteiger partial charge on any atom is 0.280 e. The van der Waals surface area contributed by atoms with E-state index in [1.165, 1.54) is 5.56 Å². The zero-order chi connectivity index (χ0) is 16.3. The van der Waals surface area contributed by atoms with Gasteiger partial charge in [-0.2, -0.15) is 0 Å². The van der Waals surface area contributed by atoms with Crippen molar-refractivity contribution in [2.75, 3.05) is 11.6 Å². The highest BCUT2D eigenvalue weighted by molar-refractivity contribution is 5.77. The Morgan fingerprint density at radius 1 is 1.08 bits per heavy atom. The van der Waals surface area contributed by atoms with Gasteiger partial charge in [0.05, 0.1) is 29.6 Å². The van der Waals surface area contributed by atoms with E-state index in [4.69, 9.17) is 9.72 Å². The highest BCUT2D eigenvalue weighted by Gasteiger charge is 2.52. The molecule has 0 bridgehead atoms. The lowest BCUT2D eigenvalue weighted by atomic mass is 10.1. The number of hydrogen-bond acceptors (Lipinski definition) is 4. The van der Waals surface area contributed by atoms with Gasteiger partial charge in [-0.1, -0.05) is 42.5 Å². The molecule has 0 spiro atoms. The Morgan fingerprint density at radius 2 is 1.83 bits per heavy atom. The number of nitrogens with zero attached hydrogens (tertiary/aromatic N) is 3.